The lowest BCUT2D eigenvalue weighted by Crippen LogP contribution is -2.37. The summed E-state index contributed by atoms with van der Waals surface area (Å²) in [4.78, 5) is 22.6. The topological polar surface area (TPSA) is 64.2 Å². The van der Waals surface area contributed by atoms with E-state index in [2.05, 4.69) is 0 Å². The van der Waals surface area contributed by atoms with Gasteiger partial charge in [-0.25, -0.2) is 4.79 Å². The van der Waals surface area contributed by atoms with E-state index in [1.54, 1.807) is 0 Å². The van der Waals surface area contributed by atoms with Gasteiger partial charge in [0.25, 0.3) is 5.56 Å². The van der Waals surface area contributed by atoms with Gasteiger partial charge >= 0.3 is 5.69 Å². The average molecular weight is 182 g/mol. The molecule has 0 bridgehead atoms. The number of rotatable bonds is 0. The van der Waals surface area contributed by atoms with Gasteiger partial charge in [-0.15, -0.1) is 0 Å². The highest BCUT2D eigenvalue weighted by Crippen LogP contribution is 2.21. The molecule has 0 saturated carbocycles. The van der Waals surface area contributed by atoms with E-state index in [-0.39, 0.29) is 11.2 Å². The monoisotopic (exact) mass is 182 g/mol. The van der Waals surface area contributed by atoms with E-state index in [1.807, 2.05) is 0 Å². The normalized spacial score (nSPS) is 20.3. The Morgan fingerprint density at radius 1 is 1.54 bits per heavy atom. The summed E-state index contributed by atoms with van der Waals surface area (Å²) < 4.78 is 2.48. The molecule has 1 aliphatic heterocycles. The third-order valence-corrected chi connectivity index (χ3v) is 2.40. The molecule has 0 spiro atoms. The molecule has 1 atom stereocenters. The molecule has 0 amide bonds. The van der Waals surface area contributed by atoms with Crippen LogP contribution in [0.15, 0.2) is 15.7 Å². The quantitative estimate of drug-likeness (QED) is 0.558. The average Bonchev–Trinajstić information content (AvgIpc) is 2.45. The molecule has 0 fully saturated rings. The highest BCUT2D eigenvalue weighted by Gasteiger charge is 2.22. The van der Waals surface area contributed by atoms with Crippen molar-refractivity contribution in [3.8, 4) is 0 Å². The molecule has 1 aliphatic rings. The maximum absolute atomic E-state index is 11.4. The predicted octanol–water partition coefficient (Wildman–Crippen LogP) is -1.02. The standard InChI is InChI=1S/C8H10N2O3/c1-9-7(12)4-5-6(11)2-3-10(5)8(9)13/h4,6,11H,2-3H2,1H3/t6-/m0/s1. The molecule has 13 heavy (non-hydrogen) atoms. The summed E-state index contributed by atoms with van der Waals surface area (Å²) in [7, 11) is 1.43. The Morgan fingerprint density at radius 2 is 2.23 bits per heavy atom. The lowest BCUT2D eigenvalue weighted by Gasteiger charge is -2.05. The minimum absolute atomic E-state index is 0.348. The fraction of sp³-hybridized carbons (Fsp3) is 0.500. The second kappa shape index (κ2) is 2.56. The van der Waals surface area contributed by atoms with Crippen LogP contribution in [0.25, 0.3) is 0 Å². The van der Waals surface area contributed by atoms with Gasteiger partial charge in [-0.05, 0) is 6.42 Å². The first-order valence-corrected chi connectivity index (χ1v) is 4.10. The summed E-state index contributed by atoms with van der Waals surface area (Å²) in [5, 5.41) is 9.41. The Hall–Kier alpha value is -1.36. The van der Waals surface area contributed by atoms with Crippen molar-refractivity contribution in [1.82, 2.24) is 9.13 Å². The SMILES string of the molecule is Cn1c(=O)cc2n(c1=O)CC[C@@H]2O. The molecule has 0 radical (unpaired) electrons. The van der Waals surface area contributed by atoms with Crippen LogP contribution in [0.3, 0.4) is 0 Å². The van der Waals surface area contributed by atoms with Crippen LogP contribution in [0.4, 0.5) is 0 Å². The largest absolute Gasteiger partial charge is 0.387 e. The van der Waals surface area contributed by atoms with E-state index in [9.17, 15) is 14.7 Å². The summed E-state index contributed by atoms with van der Waals surface area (Å²) in [6.45, 7) is 0.490. The lowest BCUT2D eigenvalue weighted by atomic mass is 10.2. The predicted molar refractivity (Wildman–Crippen MR) is 45.5 cm³/mol. The molecule has 2 heterocycles. The van der Waals surface area contributed by atoms with E-state index >= 15 is 0 Å². The highest BCUT2D eigenvalue weighted by atomic mass is 16.3. The number of hydrogen-bond donors (Lipinski definition) is 1. The molecule has 0 unspecified atom stereocenters. The first kappa shape index (κ1) is 8.25. The van der Waals surface area contributed by atoms with Crippen molar-refractivity contribution in [2.45, 2.75) is 19.1 Å². The third kappa shape index (κ3) is 1.04. The Bertz CT molecular complexity index is 457. The lowest BCUT2D eigenvalue weighted by molar-refractivity contribution is 0.179. The summed E-state index contributed by atoms with van der Waals surface area (Å²) in [6, 6.07) is 1.32. The minimum Gasteiger partial charge on any atom is -0.387 e. The van der Waals surface area contributed by atoms with Crippen LogP contribution in [-0.4, -0.2) is 14.2 Å². The minimum atomic E-state index is -0.665. The van der Waals surface area contributed by atoms with Gasteiger partial charge in [0.15, 0.2) is 0 Å². The fourth-order valence-corrected chi connectivity index (χ4v) is 1.59. The molecular formula is C8H10N2O3. The molecule has 5 heteroatoms. The zero-order valence-electron chi connectivity index (χ0n) is 7.23. The van der Waals surface area contributed by atoms with E-state index < -0.39 is 6.10 Å². The van der Waals surface area contributed by atoms with Crippen LogP contribution < -0.4 is 11.2 Å². The Kier molecular flexibility index (Phi) is 1.63. The number of hydrogen-bond acceptors (Lipinski definition) is 3. The van der Waals surface area contributed by atoms with Crippen LogP contribution >= 0.6 is 0 Å². The number of aliphatic hydroxyl groups is 1. The molecule has 0 aromatic carbocycles. The van der Waals surface area contributed by atoms with Crippen LogP contribution in [0, 0.1) is 0 Å². The molecule has 70 valence electrons. The van der Waals surface area contributed by atoms with Crippen molar-refractivity contribution in [2.24, 2.45) is 7.05 Å². The Balaban J connectivity index is 2.82. The van der Waals surface area contributed by atoms with Crippen LogP contribution in [0.5, 0.6) is 0 Å². The molecule has 5 nitrogen and oxygen atoms in total. The van der Waals surface area contributed by atoms with Gasteiger partial charge in [0.1, 0.15) is 0 Å². The first-order valence-electron chi connectivity index (χ1n) is 4.10. The molecular weight excluding hydrogens is 172 g/mol. The van der Waals surface area contributed by atoms with E-state index in [4.69, 9.17) is 0 Å². The van der Waals surface area contributed by atoms with Crippen molar-refractivity contribution < 1.29 is 5.11 Å². The third-order valence-electron chi connectivity index (χ3n) is 2.40. The molecule has 1 aromatic rings. The number of aromatic nitrogens is 2. The van der Waals surface area contributed by atoms with Gasteiger partial charge < -0.3 is 5.11 Å². The van der Waals surface area contributed by atoms with Gasteiger partial charge in [-0.1, -0.05) is 0 Å². The molecule has 0 aliphatic carbocycles. The van der Waals surface area contributed by atoms with Gasteiger partial charge in [0.2, 0.25) is 0 Å². The van der Waals surface area contributed by atoms with E-state index in [1.165, 1.54) is 17.7 Å². The summed E-state index contributed by atoms with van der Waals surface area (Å²) >= 11 is 0. The van der Waals surface area contributed by atoms with Gasteiger partial charge in [-0.3, -0.25) is 13.9 Å². The first-order chi connectivity index (χ1) is 6.11. The maximum Gasteiger partial charge on any atom is 0.330 e. The van der Waals surface area contributed by atoms with Crippen molar-refractivity contribution in [3.63, 3.8) is 0 Å². The van der Waals surface area contributed by atoms with Crippen molar-refractivity contribution >= 4 is 0 Å². The van der Waals surface area contributed by atoms with Crippen LogP contribution in [-0.2, 0) is 13.6 Å². The molecule has 1 N–H and O–H groups in total. The van der Waals surface area contributed by atoms with Crippen LogP contribution in [0.2, 0.25) is 0 Å². The molecule has 1 aromatic heterocycles. The van der Waals surface area contributed by atoms with Gasteiger partial charge in [-0.2, -0.15) is 0 Å². The molecule has 0 saturated heterocycles. The second-order valence-electron chi connectivity index (χ2n) is 3.21. The molecule has 2 rings (SSSR count). The van der Waals surface area contributed by atoms with Gasteiger partial charge in [0, 0.05) is 19.7 Å². The van der Waals surface area contributed by atoms with Gasteiger partial charge in [0.05, 0.1) is 11.8 Å². The van der Waals surface area contributed by atoms with Crippen LogP contribution in [0.1, 0.15) is 18.2 Å². The zero-order chi connectivity index (χ0) is 9.59. The zero-order valence-corrected chi connectivity index (χ0v) is 7.23. The second-order valence-corrected chi connectivity index (χ2v) is 3.21. The fourth-order valence-electron chi connectivity index (χ4n) is 1.59. The number of fused-ring (bicyclic) bond motifs is 1. The summed E-state index contributed by atoms with van der Waals surface area (Å²) in [6.07, 6.45) is -0.153. The van der Waals surface area contributed by atoms with Crippen molar-refractivity contribution in [3.05, 3.63) is 32.6 Å². The summed E-state index contributed by atoms with van der Waals surface area (Å²) in [5.41, 5.74) is -0.274. The van der Waals surface area contributed by atoms with Crippen molar-refractivity contribution in [1.29, 1.82) is 0 Å². The maximum atomic E-state index is 11.4. The van der Waals surface area contributed by atoms with Crippen molar-refractivity contribution in [2.75, 3.05) is 0 Å². The Labute approximate surface area is 73.9 Å². The highest BCUT2D eigenvalue weighted by molar-refractivity contribution is 5.09. The summed E-state index contributed by atoms with van der Waals surface area (Å²) in [5.74, 6) is 0. The number of nitrogens with zero attached hydrogens (tertiary/aromatic N) is 2. The van der Waals surface area contributed by atoms with E-state index in [0.29, 0.717) is 18.7 Å². The number of aliphatic hydroxyl groups excluding tert-OH is 1. The van der Waals surface area contributed by atoms with E-state index in [0.717, 1.165) is 4.57 Å². The Morgan fingerprint density at radius 3 is 2.92 bits per heavy atom. The smallest absolute Gasteiger partial charge is 0.330 e.